The second-order valence-corrected chi connectivity index (χ2v) is 7.44. The summed E-state index contributed by atoms with van der Waals surface area (Å²) < 4.78 is 0. The van der Waals surface area contributed by atoms with Crippen LogP contribution in [0.25, 0.3) is 0 Å². The topological polar surface area (TPSA) is 32.3 Å². The summed E-state index contributed by atoms with van der Waals surface area (Å²) in [7, 11) is 0. The number of anilines is 1. The van der Waals surface area contributed by atoms with Crippen molar-refractivity contribution in [1.82, 2.24) is 0 Å². The molecule has 0 radical (unpaired) electrons. The first-order valence-corrected chi connectivity index (χ1v) is 8.09. The molecule has 0 heterocycles. The van der Waals surface area contributed by atoms with Crippen molar-refractivity contribution in [2.75, 3.05) is 5.32 Å². The highest BCUT2D eigenvalue weighted by Crippen LogP contribution is 2.35. The van der Waals surface area contributed by atoms with E-state index in [2.05, 4.69) is 29.6 Å². The quantitative estimate of drug-likeness (QED) is 0.843. The molecule has 0 saturated heterocycles. The van der Waals surface area contributed by atoms with E-state index in [1.165, 1.54) is 30.6 Å². The number of thioether (sulfide) groups is 1. The van der Waals surface area contributed by atoms with Crippen LogP contribution in [0.3, 0.4) is 0 Å². The van der Waals surface area contributed by atoms with Gasteiger partial charge in [-0.1, -0.05) is 12.8 Å². The van der Waals surface area contributed by atoms with Crippen LogP contribution in [0, 0.1) is 0 Å². The van der Waals surface area contributed by atoms with Crippen LogP contribution in [0.5, 0.6) is 0 Å². The third-order valence-electron chi connectivity index (χ3n) is 3.90. The van der Waals surface area contributed by atoms with Crippen LogP contribution in [0.4, 0.5) is 5.69 Å². The summed E-state index contributed by atoms with van der Waals surface area (Å²) in [4.78, 5) is 1.35. The lowest BCUT2D eigenvalue weighted by Gasteiger charge is -2.27. The molecular weight excluding hydrogens is 254 g/mol. The lowest BCUT2D eigenvalue weighted by molar-refractivity contribution is 0.0649. The van der Waals surface area contributed by atoms with Crippen LogP contribution in [0.15, 0.2) is 29.2 Å². The van der Waals surface area contributed by atoms with Gasteiger partial charge in [0.2, 0.25) is 0 Å². The molecule has 1 aromatic rings. The molecule has 0 aromatic heterocycles. The summed E-state index contributed by atoms with van der Waals surface area (Å²) in [6, 6.07) is 8.62. The van der Waals surface area contributed by atoms with E-state index in [0.29, 0.717) is 0 Å². The molecule has 0 aliphatic heterocycles. The monoisotopic (exact) mass is 279 g/mol. The van der Waals surface area contributed by atoms with Gasteiger partial charge in [0.25, 0.3) is 0 Å². The van der Waals surface area contributed by atoms with Crippen molar-refractivity contribution < 1.29 is 5.11 Å². The average molecular weight is 279 g/mol. The highest BCUT2D eigenvalue weighted by Gasteiger charge is 2.22. The Morgan fingerprint density at radius 1 is 1.21 bits per heavy atom. The van der Waals surface area contributed by atoms with E-state index in [-0.39, 0.29) is 6.04 Å². The van der Waals surface area contributed by atoms with Crippen LogP contribution in [0.1, 0.15) is 46.5 Å². The Kier molecular flexibility index (Phi) is 4.80. The van der Waals surface area contributed by atoms with E-state index >= 15 is 0 Å². The van der Waals surface area contributed by atoms with E-state index in [0.717, 1.165) is 10.9 Å². The Hall–Kier alpha value is -0.670. The number of hydrogen-bond donors (Lipinski definition) is 2. The molecule has 0 spiro atoms. The Bertz CT molecular complexity index is 390. The lowest BCUT2D eigenvalue weighted by Crippen LogP contribution is -2.39. The summed E-state index contributed by atoms with van der Waals surface area (Å²) in [5.74, 6) is 0. The number of aliphatic hydroxyl groups is 1. The summed E-state index contributed by atoms with van der Waals surface area (Å²) >= 11 is 2.01. The first-order chi connectivity index (χ1) is 8.95. The van der Waals surface area contributed by atoms with Crippen molar-refractivity contribution in [3.63, 3.8) is 0 Å². The van der Waals surface area contributed by atoms with E-state index in [1.807, 2.05) is 32.5 Å². The molecular formula is C16H25NOS. The second kappa shape index (κ2) is 6.19. The highest BCUT2D eigenvalue weighted by atomic mass is 32.2. The molecule has 2 nitrogen and oxygen atoms in total. The van der Waals surface area contributed by atoms with E-state index in [9.17, 15) is 5.11 Å². The molecule has 1 fully saturated rings. The van der Waals surface area contributed by atoms with Crippen molar-refractivity contribution in [3.05, 3.63) is 24.3 Å². The first kappa shape index (κ1) is 14.7. The van der Waals surface area contributed by atoms with E-state index in [1.54, 1.807) is 0 Å². The zero-order valence-electron chi connectivity index (χ0n) is 12.1. The van der Waals surface area contributed by atoms with Crippen LogP contribution in [0.2, 0.25) is 0 Å². The van der Waals surface area contributed by atoms with Gasteiger partial charge in [-0.3, -0.25) is 0 Å². The number of rotatable bonds is 5. The van der Waals surface area contributed by atoms with E-state index in [4.69, 9.17) is 0 Å². The van der Waals surface area contributed by atoms with Gasteiger partial charge in [-0.15, -0.1) is 11.8 Å². The van der Waals surface area contributed by atoms with Gasteiger partial charge in [-0.25, -0.2) is 0 Å². The summed E-state index contributed by atoms with van der Waals surface area (Å²) in [5.41, 5.74) is 0.363. The van der Waals surface area contributed by atoms with Gasteiger partial charge in [0.05, 0.1) is 11.6 Å². The maximum absolute atomic E-state index is 9.93. The molecule has 0 bridgehead atoms. The maximum atomic E-state index is 9.93. The first-order valence-electron chi connectivity index (χ1n) is 7.21. The average Bonchev–Trinajstić information content (AvgIpc) is 2.83. The molecule has 2 rings (SSSR count). The van der Waals surface area contributed by atoms with Gasteiger partial charge < -0.3 is 10.4 Å². The Morgan fingerprint density at radius 2 is 1.79 bits per heavy atom. The predicted molar refractivity (Wildman–Crippen MR) is 83.9 cm³/mol. The number of hydrogen-bond acceptors (Lipinski definition) is 3. The fourth-order valence-electron chi connectivity index (χ4n) is 2.25. The molecule has 0 amide bonds. The molecule has 106 valence electrons. The Morgan fingerprint density at radius 3 is 2.32 bits per heavy atom. The van der Waals surface area contributed by atoms with E-state index < -0.39 is 5.60 Å². The van der Waals surface area contributed by atoms with Gasteiger partial charge in [-0.2, -0.15) is 0 Å². The Labute approximate surface area is 121 Å². The zero-order valence-corrected chi connectivity index (χ0v) is 13.0. The minimum Gasteiger partial charge on any atom is -0.388 e. The summed E-state index contributed by atoms with van der Waals surface area (Å²) in [6.07, 6.45) is 5.50. The molecule has 1 saturated carbocycles. The van der Waals surface area contributed by atoms with Gasteiger partial charge >= 0.3 is 0 Å². The highest BCUT2D eigenvalue weighted by molar-refractivity contribution is 8.00. The van der Waals surface area contributed by atoms with Crippen molar-refractivity contribution >= 4 is 17.4 Å². The van der Waals surface area contributed by atoms with Crippen LogP contribution in [-0.2, 0) is 0 Å². The summed E-state index contributed by atoms with van der Waals surface area (Å²) in [5, 5.41) is 14.1. The molecule has 1 aromatic carbocycles. The van der Waals surface area contributed by atoms with Crippen molar-refractivity contribution in [2.24, 2.45) is 0 Å². The van der Waals surface area contributed by atoms with Gasteiger partial charge in [0.1, 0.15) is 0 Å². The van der Waals surface area contributed by atoms with Gasteiger partial charge in [-0.05, 0) is 57.9 Å². The SMILES string of the molecule is CC(Nc1ccc(SC2CCCC2)cc1)C(C)(C)O. The number of nitrogens with one attached hydrogen (secondary N) is 1. The standard InChI is InChI=1S/C16H25NOS/c1-12(16(2,3)18)17-13-8-10-15(11-9-13)19-14-6-4-5-7-14/h8-12,14,17-18H,4-7H2,1-3H3. The van der Waals surface area contributed by atoms with Crippen LogP contribution in [-0.4, -0.2) is 22.0 Å². The maximum Gasteiger partial charge on any atom is 0.0789 e. The van der Waals surface area contributed by atoms with Crippen LogP contribution >= 0.6 is 11.8 Å². The molecule has 1 atom stereocenters. The predicted octanol–water partition coefficient (Wildman–Crippen LogP) is 4.29. The normalized spacial score (nSPS) is 18.5. The molecule has 1 unspecified atom stereocenters. The zero-order chi connectivity index (χ0) is 13.9. The largest absolute Gasteiger partial charge is 0.388 e. The van der Waals surface area contributed by atoms with Crippen molar-refractivity contribution in [3.8, 4) is 0 Å². The Balaban J connectivity index is 1.90. The minimum absolute atomic E-state index is 0.0286. The fourth-order valence-corrected chi connectivity index (χ4v) is 3.50. The van der Waals surface area contributed by atoms with Gasteiger partial charge in [0, 0.05) is 15.8 Å². The summed E-state index contributed by atoms with van der Waals surface area (Å²) in [6.45, 7) is 5.66. The second-order valence-electron chi connectivity index (χ2n) is 6.07. The smallest absolute Gasteiger partial charge is 0.0789 e. The van der Waals surface area contributed by atoms with Gasteiger partial charge in [0.15, 0.2) is 0 Å². The van der Waals surface area contributed by atoms with Crippen molar-refractivity contribution in [1.29, 1.82) is 0 Å². The van der Waals surface area contributed by atoms with Crippen molar-refractivity contribution in [2.45, 2.75) is 68.2 Å². The molecule has 3 heteroatoms. The fraction of sp³-hybridized carbons (Fsp3) is 0.625. The minimum atomic E-state index is -0.711. The molecule has 2 N–H and O–H groups in total. The third kappa shape index (κ3) is 4.43. The lowest BCUT2D eigenvalue weighted by atomic mass is 10.0. The molecule has 1 aliphatic rings. The molecule has 19 heavy (non-hydrogen) atoms. The third-order valence-corrected chi connectivity index (χ3v) is 5.25. The molecule has 1 aliphatic carbocycles. The van der Waals surface area contributed by atoms with Crippen LogP contribution < -0.4 is 5.32 Å². The number of benzene rings is 1.